The second-order valence-electron chi connectivity index (χ2n) is 5.69. The number of aliphatic carboxylic acids is 1. The lowest BCUT2D eigenvalue weighted by atomic mass is 9.74. The molecule has 0 bridgehead atoms. The fraction of sp³-hybridized carbons (Fsp3) is 0.412. The number of aryl methyl sites for hydroxylation is 1. The number of rotatable bonds is 5. The van der Waals surface area contributed by atoms with Crippen molar-refractivity contribution in [1.82, 2.24) is 5.32 Å². The zero-order valence-corrected chi connectivity index (χ0v) is 12.5. The summed E-state index contributed by atoms with van der Waals surface area (Å²) in [5.41, 5.74) is 2.18. The van der Waals surface area contributed by atoms with Crippen LogP contribution >= 0.6 is 0 Å². The van der Waals surface area contributed by atoms with Crippen LogP contribution in [0.4, 0.5) is 0 Å². The number of hydrogen-bond acceptors (Lipinski definition) is 2. The molecule has 1 saturated carbocycles. The Bertz CT molecular complexity index is 580. The second kappa shape index (κ2) is 6.12. The van der Waals surface area contributed by atoms with E-state index in [0.29, 0.717) is 11.1 Å². The third-order valence-electron chi connectivity index (χ3n) is 4.29. The van der Waals surface area contributed by atoms with Crippen molar-refractivity contribution in [2.75, 3.05) is 0 Å². The molecule has 4 nitrogen and oxygen atoms in total. The molecule has 1 fully saturated rings. The molecule has 1 aromatic rings. The Morgan fingerprint density at radius 1 is 1.38 bits per heavy atom. The molecule has 0 spiro atoms. The smallest absolute Gasteiger partial charge is 0.328 e. The Kier molecular flexibility index (Phi) is 4.46. The predicted octanol–water partition coefficient (Wildman–Crippen LogP) is 3.16. The number of amides is 1. The number of benzene rings is 1. The molecule has 112 valence electrons. The largest absolute Gasteiger partial charge is 0.478 e. The molecule has 1 aliphatic rings. The fourth-order valence-corrected chi connectivity index (χ4v) is 2.63. The van der Waals surface area contributed by atoms with Gasteiger partial charge in [-0.25, -0.2) is 4.79 Å². The van der Waals surface area contributed by atoms with E-state index in [9.17, 15) is 9.59 Å². The molecule has 2 rings (SSSR count). The van der Waals surface area contributed by atoms with Crippen LogP contribution in [0, 0.1) is 6.92 Å². The summed E-state index contributed by atoms with van der Waals surface area (Å²) in [5.74, 6) is -1.07. The van der Waals surface area contributed by atoms with Gasteiger partial charge in [0.25, 0.3) is 5.91 Å². The highest BCUT2D eigenvalue weighted by Gasteiger charge is 2.36. The SMILES string of the molecule is CCC1(NC(=O)c2cc(/C=C/C(=O)O)ccc2C)CCC1. The van der Waals surface area contributed by atoms with Gasteiger partial charge in [0, 0.05) is 17.2 Å². The van der Waals surface area contributed by atoms with E-state index in [1.165, 1.54) is 6.08 Å². The van der Waals surface area contributed by atoms with Crippen LogP contribution in [0.25, 0.3) is 6.08 Å². The summed E-state index contributed by atoms with van der Waals surface area (Å²) in [6.45, 7) is 3.98. The Morgan fingerprint density at radius 2 is 2.10 bits per heavy atom. The minimum Gasteiger partial charge on any atom is -0.478 e. The molecule has 1 aromatic carbocycles. The summed E-state index contributed by atoms with van der Waals surface area (Å²) in [6, 6.07) is 5.40. The van der Waals surface area contributed by atoms with Gasteiger partial charge in [0.2, 0.25) is 0 Å². The van der Waals surface area contributed by atoms with Crippen molar-refractivity contribution in [3.05, 3.63) is 41.0 Å². The number of carboxylic acid groups (broad SMARTS) is 1. The van der Waals surface area contributed by atoms with Gasteiger partial charge >= 0.3 is 5.97 Å². The van der Waals surface area contributed by atoms with Crippen LogP contribution in [0.15, 0.2) is 24.3 Å². The predicted molar refractivity (Wildman–Crippen MR) is 82.2 cm³/mol. The van der Waals surface area contributed by atoms with E-state index in [-0.39, 0.29) is 11.4 Å². The molecule has 2 N–H and O–H groups in total. The zero-order valence-electron chi connectivity index (χ0n) is 12.5. The third-order valence-corrected chi connectivity index (χ3v) is 4.29. The Morgan fingerprint density at radius 3 is 2.62 bits per heavy atom. The molecule has 4 heteroatoms. The normalized spacial score (nSPS) is 16.5. The third kappa shape index (κ3) is 3.51. The number of hydrogen-bond donors (Lipinski definition) is 2. The van der Waals surface area contributed by atoms with Crippen molar-refractivity contribution in [2.45, 2.75) is 45.1 Å². The molecule has 1 aliphatic carbocycles. The topological polar surface area (TPSA) is 66.4 Å². The fourth-order valence-electron chi connectivity index (χ4n) is 2.63. The van der Waals surface area contributed by atoms with Crippen LogP contribution < -0.4 is 5.32 Å². The average Bonchev–Trinajstić information content (AvgIpc) is 2.41. The van der Waals surface area contributed by atoms with E-state index in [4.69, 9.17) is 5.11 Å². The summed E-state index contributed by atoms with van der Waals surface area (Å²) >= 11 is 0. The van der Waals surface area contributed by atoms with Crippen molar-refractivity contribution in [3.63, 3.8) is 0 Å². The first kappa shape index (κ1) is 15.3. The van der Waals surface area contributed by atoms with Crippen LogP contribution in [0.5, 0.6) is 0 Å². The van der Waals surface area contributed by atoms with Gasteiger partial charge in [0.05, 0.1) is 0 Å². The highest BCUT2D eigenvalue weighted by molar-refractivity contribution is 5.97. The molecule has 0 unspecified atom stereocenters. The summed E-state index contributed by atoms with van der Waals surface area (Å²) in [5, 5.41) is 11.8. The maximum Gasteiger partial charge on any atom is 0.328 e. The highest BCUT2D eigenvalue weighted by Crippen LogP contribution is 2.35. The van der Waals surface area contributed by atoms with Crippen LogP contribution in [-0.4, -0.2) is 22.5 Å². The van der Waals surface area contributed by atoms with Crippen molar-refractivity contribution in [1.29, 1.82) is 0 Å². The number of carbonyl (C=O) groups is 2. The standard InChI is InChI=1S/C17H21NO3/c1-3-17(9-4-10-17)18-16(21)14-11-13(6-5-12(14)2)7-8-15(19)20/h5-8,11H,3-4,9-10H2,1-2H3,(H,18,21)(H,19,20)/b8-7+. The van der Waals surface area contributed by atoms with Crippen LogP contribution in [0.1, 0.15) is 54.1 Å². The second-order valence-corrected chi connectivity index (χ2v) is 5.69. The molecular weight excluding hydrogens is 266 g/mol. The van der Waals surface area contributed by atoms with E-state index in [0.717, 1.165) is 37.3 Å². The molecule has 1 amide bonds. The van der Waals surface area contributed by atoms with Crippen LogP contribution in [0.2, 0.25) is 0 Å². The van der Waals surface area contributed by atoms with E-state index in [1.54, 1.807) is 6.07 Å². The van der Waals surface area contributed by atoms with Gasteiger partial charge in [-0.3, -0.25) is 4.79 Å². The Hall–Kier alpha value is -2.10. The number of nitrogens with one attached hydrogen (secondary N) is 1. The van der Waals surface area contributed by atoms with Crippen molar-refractivity contribution in [3.8, 4) is 0 Å². The minimum atomic E-state index is -0.999. The molecule has 0 aromatic heterocycles. The summed E-state index contributed by atoms with van der Waals surface area (Å²) in [7, 11) is 0. The average molecular weight is 287 g/mol. The van der Waals surface area contributed by atoms with Crippen molar-refractivity contribution >= 4 is 18.0 Å². The quantitative estimate of drug-likeness (QED) is 0.817. The van der Waals surface area contributed by atoms with E-state index in [1.807, 2.05) is 19.1 Å². The summed E-state index contributed by atoms with van der Waals surface area (Å²) in [6.07, 6.45) is 6.74. The maximum atomic E-state index is 12.5. The molecule has 0 saturated heterocycles. The maximum absolute atomic E-state index is 12.5. The van der Waals surface area contributed by atoms with Gasteiger partial charge in [-0.15, -0.1) is 0 Å². The van der Waals surface area contributed by atoms with E-state index < -0.39 is 5.97 Å². The number of carboxylic acids is 1. The first-order valence-electron chi connectivity index (χ1n) is 7.30. The van der Waals surface area contributed by atoms with Crippen LogP contribution in [-0.2, 0) is 4.79 Å². The summed E-state index contributed by atoms with van der Waals surface area (Å²) < 4.78 is 0. The van der Waals surface area contributed by atoms with Crippen molar-refractivity contribution in [2.24, 2.45) is 0 Å². The minimum absolute atomic E-state index is 0.0452. The first-order chi connectivity index (χ1) is 9.96. The molecule has 0 atom stereocenters. The van der Waals surface area contributed by atoms with Gasteiger partial charge in [-0.05, 0) is 55.9 Å². The molecule has 0 radical (unpaired) electrons. The molecule has 0 aliphatic heterocycles. The monoisotopic (exact) mass is 287 g/mol. The Labute approximate surface area is 124 Å². The van der Waals surface area contributed by atoms with E-state index in [2.05, 4.69) is 12.2 Å². The number of carbonyl (C=O) groups excluding carboxylic acids is 1. The molecule has 21 heavy (non-hydrogen) atoms. The molecular formula is C17H21NO3. The van der Waals surface area contributed by atoms with Gasteiger partial charge < -0.3 is 10.4 Å². The van der Waals surface area contributed by atoms with Gasteiger partial charge in [-0.2, -0.15) is 0 Å². The van der Waals surface area contributed by atoms with Crippen LogP contribution in [0.3, 0.4) is 0 Å². The van der Waals surface area contributed by atoms with Gasteiger partial charge in [-0.1, -0.05) is 19.1 Å². The highest BCUT2D eigenvalue weighted by atomic mass is 16.4. The lowest BCUT2D eigenvalue weighted by molar-refractivity contribution is -0.131. The van der Waals surface area contributed by atoms with Gasteiger partial charge in [0.1, 0.15) is 0 Å². The first-order valence-corrected chi connectivity index (χ1v) is 7.30. The lowest BCUT2D eigenvalue weighted by Crippen LogP contribution is -2.53. The Balaban J connectivity index is 2.19. The lowest BCUT2D eigenvalue weighted by Gasteiger charge is -2.42. The zero-order chi connectivity index (χ0) is 15.5. The van der Waals surface area contributed by atoms with Gasteiger partial charge in [0.15, 0.2) is 0 Å². The van der Waals surface area contributed by atoms with E-state index >= 15 is 0 Å². The van der Waals surface area contributed by atoms with Crippen molar-refractivity contribution < 1.29 is 14.7 Å². The summed E-state index contributed by atoms with van der Waals surface area (Å²) in [4.78, 5) is 23.0. The molecule has 0 heterocycles.